The molecule has 1 aliphatic rings. The van der Waals surface area contributed by atoms with E-state index in [0.29, 0.717) is 0 Å². The lowest BCUT2D eigenvalue weighted by atomic mass is 10.0. The Balaban J connectivity index is 1.41. The Morgan fingerprint density at radius 2 is 1.86 bits per heavy atom. The number of hydrogen-bond acceptors (Lipinski definition) is 3. The summed E-state index contributed by atoms with van der Waals surface area (Å²) in [6.45, 7) is 3.55. The zero-order valence-electron chi connectivity index (χ0n) is 15.8. The summed E-state index contributed by atoms with van der Waals surface area (Å²) in [5.41, 5.74) is 3.50. The number of rotatable bonds is 3. The van der Waals surface area contributed by atoms with Crippen LogP contribution in [0.1, 0.15) is 18.5 Å². The maximum atomic E-state index is 13.8. The van der Waals surface area contributed by atoms with E-state index in [1.807, 2.05) is 43.3 Å². The van der Waals surface area contributed by atoms with Crippen molar-refractivity contribution < 1.29 is 9.18 Å². The van der Waals surface area contributed by atoms with Gasteiger partial charge in [-0.05, 0) is 56.2 Å². The molecule has 5 nitrogen and oxygen atoms in total. The molecule has 1 aromatic heterocycles. The van der Waals surface area contributed by atoms with Gasteiger partial charge in [0.1, 0.15) is 5.82 Å². The van der Waals surface area contributed by atoms with Gasteiger partial charge in [0.05, 0.1) is 5.52 Å². The number of benzene rings is 2. The fraction of sp³-hybridized carbons (Fsp3) is 0.273. The summed E-state index contributed by atoms with van der Waals surface area (Å²) in [4.78, 5) is 19.0. The monoisotopic (exact) mass is 378 g/mol. The minimum absolute atomic E-state index is 0.117. The molecule has 0 bridgehead atoms. The number of urea groups is 1. The van der Waals surface area contributed by atoms with Crippen molar-refractivity contribution in [2.24, 2.45) is 0 Å². The normalized spacial score (nSPS) is 14.9. The molecular formula is C22H23FN4O. The van der Waals surface area contributed by atoms with Crippen LogP contribution in [0.3, 0.4) is 0 Å². The molecule has 2 N–H and O–H groups in total. The highest BCUT2D eigenvalue weighted by Crippen LogP contribution is 2.29. The van der Waals surface area contributed by atoms with Gasteiger partial charge in [-0.1, -0.05) is 18.2 Å². The first-order valence-corrected chi connectivity index (χ1v) is 9.53. The van der Waals surface area contributed by atoms with Gasteiger partial charge in [-0.25, -0.2) is 9.18 Å². The number of nitrogens with zero attached hydrogens (tertiary/aromatic N) is 2. The number of piperidine rings is 1. The standard InChI is InChI=1S/C22H23FN4O/c1-15-13-21(19-14-16(23)7-8-20(19)24-15)27-11-9-18(10-12-27)26-22(28)25-17-5-3-2-4-6-17/h2-8,13-14,18H,9-12H2,1H3,(H2,25,26,28). The number of pyridine rings is 1. The average Bonchev–Trinajstić information content (AvgIpc) is 2.69. The Hall–Kier alpha value is -3.15. The molecule has 0 radical (unpaired) electrons. The summed E-state index contributed by atoms with van der Waals surface area (Å²) in [5, 5.41) is 6.74. The van der Waals surface area contributed by atoms with E-state index < -0.39 is 0 Å². The molecular weight excluding hydrogens is 355 g/mol. The number of carbonyl (C=O) groups excluding carboxylic acids is 1. The predicted octanol–water partition coefficient (Wildman–Crippen LogP) is 4.47. The molecule has 4 rings (SSSR count). The maximum absolute atomic E-state index is 13.8. The number of aryl methyl sites for hydroxylation is 1. The molecule has 28 heavy (non-hydrogen) atoms. The van der Waals surface area contributed by atoms with E-state index in [9.17, 15) is 9.18 Å². The third-order valence-corrected chi connectivity index (χ3v) is 5.08. The number of aromatic nitrogens is 1. The quantitative estimate of drug-likeness (QED) is 0.707. The lowest BCUT2D eigenvalue weighted by Gasteiger charge is -2.34. The minimum atomic E-state index is -0.256. The molecule has 6 heteroatoms. The van der Waals surface area contributed by atoms with Crippen molar-refractivity contribution in [3.63, 3.8) is 0 Å². The Labute approximate surface area is 163 Å². The summed E-state index contributed by atoms with van der Waals surface area (Å²) in [7, 11) is 0. The molecule has 2 amide bonds. The van der Waals surface area contributed by atoms with Crippen LogP contribution in [0.25, 0.3) is 10.9 Å². The van der Waals surface area contributed by atoms with E-state index in [-0.39, 0.29) is 17.9 Å². The summed E-state index contributed by atoms with van der Waals surface area (Å²) >= 11 is 0. The molecule has 1 fully saturated rings. The molecule has 2 aromatic carbocycles. The van der Waals surface area contributed by atoms with Gasteiger partial charge in [0, 0.05) is 41.6 Å². The van der Waals surface area contributed by atoms with Gasteiger partial charge in [-0.15, -0.1) is 0 Å². The SMILES string of the molecule is Cc1cc(N2CCC(NC(=O)Nc3ccccc3)CC2)c2cc(F)ccc2n1. The van der Waals surface area contributed by atoms with E-state index in [2.05, 4.69) is 20.5 Å². The largest absolute Gasteiger partial charge is 0.371 e. The van der Waals surface area contributed by atoms with Crippen LogP contribution in [-0.4, -0.2) is 30.1 Å². The number of para-hydroxylation sites is 1. The molecule has 0 atom stereocenters. The molecule has 0 spiro atoms. The Bertz CT molecular complexity index is 984. The first kappa shape index (κ1) is 18.2. The summed E-state index contributed by atoms with van der Waals surface area (Å²) in [6, 6.07) is 16.1. The van der Waals surface area contributed by atoms with Crippen molar-refractivity contribution >= 4 is 28.3 Å². The van der Waals surface area contributed by atoms with Crippen molar-refractivity contribution in [3.05, 3.63) is 66.1 Å². The van der Waals surface area contributed by atoms with Crippen LogP contribution in [0, 0.1) is 12.7 Å². The van der Waals surface area contributed by atoms with Crippen LogP contribution in [0.4, 0.5) is 20.6 Å². The van der Waals surface area contributed by atoms with Gasteiger partial charge in [0.2, 0.25) is 0 Å². The first-order valence-electron chi connectivity index (χ1n) is 9.53. The maximum Gasteiger partial charge on any atom is 0.319 e. The zero-order valence-corrected chi connectivity index (χ0v) is 15.8. The molecule has 0 unspecified atom stereocenters. The van der Waals surface area contributed by atoms with Crippen molar-refractivity contribution in [1.82, 2.24) is 10.3 Å². The fourth-order valence-electron chi connectivity index (χ4n) is 3.71. The van der Waals surface area contributed by atoms with Gasteiger partial charge in [0.25, 0.3) is 0 Å². The van der Waals surface area contributed by atoms with E-state index in [0.717, 1.165) is 53.9 Å². The van der Waals surface area contributed by atoms with Gasteiger partial charge in [-0.2, -0.15) is 0 Å². The third-order valence-electron chi connectivity index (χ3n) is 5.08. The van der Waals surface area contributed by atoms with E-state index in [1.54, 1.807) is 12.1 Å². The predicted molar refractivity (Wildman–Crippen MR) is 110 cm³/mol. The zero-order chi connectivity index (χ0) is 19.5. The highest BCUT2D eigenvalue weighted by atomic mass is 19.1. The van der Waals surface area contributed by atoms with E-state index >= 15 is 0 Å². The van der Waals surface area contributed by atoms with Gasteiger partial charge in [0.15, 0.2) is 0 Å². The second-order valence-corrected chi connectivity index (χ2v) is 7.17. The van der Waals surface area contributed by atoms with Crippen molar-refractivity contribution in [3.8, 4) is 0 Å². The van der Waals surface area contributed by atoms with Crippen LogP contribution < -0.4 is 15.5 Å². The Kier molecular flexibility index (Phi) is 5.10. The highest BCUT2D eigenvalue weighted by molar-refractivity contribution is 5.92. The number of carbonyl (C=O) groups is 1. The lowest BCUT2D eigenvalue weighted by molar-refractivity contribution is 0.246. The highest BCUT2D eigenvalue weighted by Gasteiger charge is 2.22. The van der Waals surface area contributed by atoms with Crippen LogP contribution in [-0.2, 0) is 0 Å². The summed E-state index contributed by atoms with van der Waals surface area (Å²) in [6.07, 6.45) is 1.67. The number of amides is 2. The van der Waals surface area contributed by atoms with E-state index in [1.165, 1.54) is 6.07 Å². The molecule has 2 heterocycles. The molecule has 144 valence electrons. The van der Waals surface area contributed by atoms with Crippen LogP contribution in [0.15, 0.2) is 54.6 Å². The van der Waals surface area contributed by atoms with Gasteiger partial charge < -0.3 is 15.5 Å². The van der Waals surface area contributed by atoms with Gasteiger partial charge >= 0.3 is 6.03 Å². The third kappa shape index (κ3) is 4.06. The number of nitrogens with one attached hydrogen (secondary N) is 2. The molecule has 1 saturated heterocycles. The fourth-order valence-corrected chi connectivity index (χ4v) is 3.71. The Morgan fingerprint density at radius 1 is 1.11 bits per heavy atom. The van der Waals surface area contributed by atoms with Crippen LogP contribution >= 0.6 is 0 Å². The molecule has 1 aliphatic heterocycles. The van der Waals surface area contributed by atoms with E-state index in [4.69, 9.17) is 0 Å². The van der Waals surface area contributed by atoms with Crippen molar-refractivity contribution in [2.75, 3.05) is 23.3 Å². The number of halogens is 1. The average molecular weight is 378 g/mol. The van der Waals surface area contributed by atoms with Crippen LogP contribution in [0.5, 0.6) is 0 Å². The smallest absolute Gasteiger partial charge is 0.319 e. The lowest BCUT2D eigenvalue weighted by Crippen LogP contribution is -2.46. The molecule has 0 aliphatic carbocycles. The summed E-state index contributed by atoms with van der Waals surface area (Å²) in [5.74, 6) is -0.256. The van der Waals surface area contributed by atoms with Crippen molar-refractivity contribution in [1.29, 1.82) is 0 Å². The second kappa shape index (κ2) is 7.84. The van der Waals surface area contributed by atoms with Crippen LogP contribution in [0.2, 0.25) is 0 Å². The first-order chi connectivity index (χ1) is 13.6. The number of hydrogen-bond donors (Lipinski definition) is 2. The summed E-state index contributed by atoms with van der Waals surface area (Å²) < 4.78 is 13.8. The minimum Gasteiger partial charge on any atom is -0.371 e. The topological polar surface area (TPSA) is 57.3 Å². The Morgan fingerprint density at radius 3 is 2.61 bits per heavy atom. The number of fused-ring (bicyclic) bond motifs is 1. The molecule has 3 aromatic rings. The molecule has 0 saturated carbocycles. The van der Waals surface area contributed by atoms with Crippen molar-refractivity contribution in [2.45, 2.75) is 25.8 Å². The van der Waals surface area contributed by atoms with Gasteiger partial charge in [-0.3, -0.25) is 4.98 Å². The number of anilines is 2. The second-order valence-electron chi connectivity index (χ2n) is 7.17.